The second kappa shape index (κ2) is 13.8. The van der Waals surface area contributed by atoms with Crippen molar-refractivity contribution in [2.24, 2.45) is 16.5 Å². The average molecular weight is 601 g/mol. The molecule has 2 aromatic carbocycles. The number of rotatable bonds is 11. The van der Waals surface area contributed by atoms with Crippen LogP contribution in [0, 0.1) is 0 Å². The maximum absolute atomic E-state index is 13.2. The number of hydrogen-bond acceptors (Lipinski definition) is 7. The number of ether oxygens (including phenoxy) is 1. The number of aryl methyl sites for hydroxylation is 1. The van der Waals surface area contributed by atoms with Crippen LogP contribution in [0.3, 0.4) is 0 Å². The summed E-state index contributed by atoms with van der Waals surface area (Å²) < 4.78 is 5.55. The predicted molar refractivity (Wildman–Crippen MR) is 155 cm³/mol. The van der Waals surface area contributed by atoms with Gasteiger partial charge in [-0.1, -0.05) is 6.07 Å². The monoisotopic (exact) mass is 600 g/mol. The minimum atomic E-state index is -1.05. The zero-order valence-corrected chi connectivity index (χ0v) is 23.5. The fourth-order valence-electron chi connectivity index (χ4n) is 4.60. The Kier molecular flexibility index (Phi) is 10.5. The highest BCUT2D eigenvalue weighted by atomic mass is 35.5. The summed E-state index contributed by atoms with van der Waals surface area (Å²) in [6.45, 7) is 0.158. The van der Waals surface area contributed by atoms with Crippen molar-refractivity contribution >= 4 is 59.2 Å². The topological polar surface area (TPSA) is 186 Å². The Hall–Kier alpha value is -4.42. The number of esters is 1. The van der Waals surface area contributed by atoms with Crippen LogP contribution in [0.25, 0.3) is 0 Å². The van der Waals surface area contributed by atoms with Gasteiger partial charge in [0.05, 0.1) is 17.7 Å². The SMILES string of the molecule is Cl.NC(N)=Nc1ccc(C(=O)Oc2ccc3c(c2)CCC3CC(=O)N(CCC(=O)O)Cc2csc(C(=O)O)c2)cc1. The van der Waals surface area contributed by atoms with Gasteiger partial charge in [-0.2, -0.15) is 0 Å². The Balaban J connectivity index is 0.00000462. The predicted octanol–water partition coefficient (Wildman–Crippen LogP) is 3.92. The van der Waals surface area contributed by atoms with Crippen LogP contribution in [0.4, 0.5) is 5.69 Å². The van der Waals surface area contributed by atoms with E-state index in [2.05, 4.69) is 4.99 Å². The molecule has 1 unspecified atom stereocenters. The number of aliphatic carboxylic acids is 1. The zero-order valence-electron chi connectivity index (χ0n) is 21.8. The van der Waals surface area contributed by atoms with Crippen LogP contribution in [-0.2, 0) is 22.6 Å². The van der Waals surface area contributed by atoms with Gasteiger partial charge in [0.25, 0.3) is 0 Å². The second-order valence-corrected chi connectivity index (χ2v) is 10.3. The minimum Gasteiger partial charge on any atom is -0.481 e. The first kappa shape index (κ1) is 31.1. The van der Waals surface area contributed by atoms with Crippen molar-refractivity contribution in [2.45, 2.75) is 38.1 Å². The van der Waals surface area contributed by atoms with Gasteiger partial charge in [-0.15, -0.1) is 23.7 Å². The molecule has 0 aliphatic heterocycles. The number of fused-ring (bicyclic) bond motifs is 1. The molecule has 13 heteroatoms. The largest absolute Gasteiger partial charge is 0.481 e. The molecule has 1 aliphatic rings. The lowest BCUT2D eigenvalue weighted by Crippen LogP contribution is -2.33. The lowest BCUT2D eigenvalue weighted by atomic mass is 9.97. The summed E-state index contributed by atoms with van der Waals surface area (Å²) in [6, 6.07) is 13.2. The molecule has 11 nitrogen and oxygen atoms in total. The number of thiophene rings is 1. The summed E-state index contributed by atoms with van der Waals surface area (Å²) >= 11 is 1.06. The number of hydrogen-bond donors (Lipinski definition) is 4. The van der Waals surface area contributed by atoms with Crippen LogP contribution in [0.1, 0.15) is 61.9 Å². The molecule has 0 bridgehead atoms. The molecule has 3 aromatic rings. The lowest BCUT2D eigenvalue weighted by Gasteiger charge is -2.23. The molecule has 1 amide bonds. The van der Waals surface area contributed by atoms with Gasteiger partial charge < -0.3 is 31.3 Å². The lowest BCUT2D eigenvalue weighted by molar-refractivity contribution is -0.138. The molecule has 1 aliphatic carbocycles. The Labute approximate surface area is 245 Å². The molecule has 216 valence electrons. The molecule has 1 aromatic heterocycles. The third-order valence-corrected chi connectivity index (χ3v) is 7.46. The highest BCUT2D eigenvalue weighted by molar-refractivity contribution is 7.12. The average Bonchev–Trinajstić information content (AvgIpc) is 3.53. The third kappa shape index (κ3) is 8.29. The number of carbonyl (C=O) groups excluding carboxylic acids is 2. The van der Waals surface area contributed by atoms with Gasteiger partial charge in [0.1, 0.15) is 10.6 Å². The van der Waals surface area contributed by atoms with Crippen molar-refractivity contribution in [2.75, 3.05) is 6.54 Å². The fraction of sp³-hybridized carbons (Fsp3) is 0.250. The number of carboxylic acids is 2. The van der Waals surface area contributed by atoms with Crippen LogP contribution >= 0.6 is 23.7 Å². The Morgan fingerprint density at radius 1 is 1.05 bits per heavy atom. The van der Waals surface area contributed by atoms with E-state index in [1.165, 1.54) is 11.0 Å². The van der Waals surface area contributed by atoms with E-state index in [4.69, 9.17) is 21.3 Å². The van der Waals surface area contributed by atoms with Crippen molar-refractivity contribution in [1.29, 1.82) is 0 Å². The quantitative estimate of drug-likeness (QED) is 0.109. The van der Waals surface area contributed by atoms with Crippen molar-refractivity contribution < 1.29 is 34.1 Å². The smallest absolute Gasteiger partial charge is 0.345 e. The van der Waals surface area contributed by atoms with E-state index in [1.807, 2.05) is 6.07 Å². The van der Waals surface area contributed by atoms with E-state index in [1.54, 1.807) is 41.8 Å². The number of halogens is 1. The summed E-state index contributed by atoms with van der Waals surface area (Å²) in [4.78, 5) is 53.8. The Morgan fingerprint density at radius 2 is 1.78 bits per heavy atom. The highest BCUT2D eigenvalue weighted by Gasteiger charge is 2.28. The van der Waals surface area contributed by atoms with Crippen LogP contribution < -0.4 is 16.2 Å². The summed E-state index contributed by atoms with van der Waals surface area (Å²) in [5.74, 6) is -2.58. The summed E-state index contributed by atoms with van der Waals surface area (Å²) in [5.41, 5.74) is 14.2. The first-order chi connectivity index (χ1) is 19.1. The van der Waals surface area contributed by atoms with Crippen LogP contribution in [0.5, 0.6) is 5.75 Å². The van der Waals surface area contributed by atoms with E-state index >= 15 is 0 Å². The van der Waals surface area contributed by atoms with Gasteiger partial charge in [-0.05, 0) is 83.3 Å². The van der Waals surface area contributed by atoms with Gasteiger partial charge in [0.15, 0.2) is 5.96 Å². The van der Waals surface area contributed by atoms with E-state index in [9.17, 15) is 24.3 Å². The molecule has 6 N–H and O–H groups in total. The Bertz CT molecular complexity index is 1470. The maximum Gasteiger partial charge on any atom is 0.345 e. The number of benzene rings is 2. The summed E-state index contributed by atoms with van der Waals surface area (Å²) in [6.07, 6.45) is 1.39. The highest BCUT2D eigenvalue weighted by Crippen LogP contribution is 2.38. The van der Waals surface area contributed by atoms with Gasteiger partial charge in [0.2, 0.25) is 5.91 Å². The first-order valence-electron chi connectivity index (χ1n) is 12.4. The van der Waals surface area contributed by atoms with Gasteiger partial charge in [-0.25, -0.2) is 14.6 Å². The molecule has 0 saturated carbocycles. The minimum absolute atomic E-state index is 0. The third-order valence-electron chi connectivity index (χ3n) is 6.50. The van der Waals surface area contributed by atoms with Gasteiger partial charge >= 0.3 is 17.9 Å². The number of aliphatic imine (C=N–C) groups is 1. The van der Waals surface area contributed by atoms with Crippen LogP contribution in [0.2, 0.25) is 0 Å². The molecule has 0 saturated heterocycles. The first-order valence-corrected chi connectivity index (χ1v) is 13.3. The van der Waals surface area contributed by atoms with Gasteiger partial charge in [-0.3, -0.25) is 9.59 Å². The van der Waals surface area contributed by atoms with E-state index in [0.29, 0.717) is 29.0 Å². The molecular weight excluding hydrogens is 572 g/mol. The van der Waals surface area contributed by atoms with Gasteiger partial charge in [0, 0.05) is 19.5 Å². The van der Waals surface area contributed by atoms with Crippen molar-refractivity contribution in [3.8, 4) is 5.75 Å². The van der Waals surface area contributed by atoms with E-state index < -0.39 is 17.9 Å². The van der Waals surface area contributed by atoms with Crippen molar-refractivity contribution in [1.82, 2.24) is 4.90 Å². The van der Waals surface area contributed by atoms with Crippen molar-refractivity contribution in [3.05, 3.63) is 81.0 Å². The molecule has 0 fully saturated rings. The second-order valence-electron chi connectivity index (χ2n) is 9.36. The van der Waals surface area contributed by atoms with Crippen molar-refractivity contribution in [3.63, 3.8) is 0 Å². The fourth-order valence-corrected chi connectivity index (χ4v) is 5.34. The molecule has 41 heavy (non-hydrogen) atoms. The zero-order chi connectivity index (χ0) is 28.8. The summed E-state index contributed by atoms with van der Waals surface area (Å²) in [7, 11) is 0. The number of carbonyl (C=O) groups is 4. The number of carboxylic acid groups (broad SMARTS) is 2. The number of nitrogens with two attached hydrogens (primary N) is 2. The standard InChI is InChI=1S/C28H28N4O7S.ClH/c29-28(30)31-20-5-3-17(4-6-20)27(38)39-21-7-8-22-18(12-21)1-2-19(22)13-24(33)32(10-9-25(34)35)14-16-11-23(26(36)37)40-15-16;/h3-8,11-12,15,19H,1-2,9-10,13-14H2,(H,34,35)(H,36,37)(H4,29,30,31);1H. The van der Waals surface area contributed by atoms with E-state index in [-0.39, 0.29) is 61.0 Å². The normalized spacial score (nSPS) is 13.4. The molecular formula is C28H29ClN4O7S. The molecule has 0 spiro atoms. The number of aromatic carboxylic acids is 1. The summed E-state index contributed by atoms with van der Waals surface area (Å²) in [5, 5.41) is 20.0. The Morgan fingerprint density at radius 3 is 2.41 bits per heavy atom. The number of guanidine groups is 1. The maximum atomic E-state index is 13.2. The number of nitrogens with zero attached hydrogens (tertiary/aromatic N) is 2. The van der Waals surface area contributed by atoms with E-state index in [0.717, 1.165) is 28.9 Å². The molecule has 0 radical (unpaired) electrons. The number of amides is 1. The molecule has 1 atom stereocenters. The molecule has 1 heterocycles. The van der Waals surface area contributed by atoms with Crippen LogP contribution in [0.15, 0.2) is 58.9 Å². The molecule has 4 rings (SSSR count). The van der Waals surface area contributed by atoms with Crippen LogP contribution in [-0.4, -0.2) is 51.4 Å².